The Bertz CT molecular complexity index is 281. The van der Waals surface area contributed by atoms with Crippen LogP contribution in [0.15, 0.2) is 0 Å². The van der Waals surface area contributed by atoms with Crippen molar-refractivity contribution in [3.8, 4) is 0 Å². The Hall–Kier alpha value is 0.500. The molecule has 2 saturated heterocycles. The second-order valence-electron chi connectivity index (χ2n) is 5.65. The highest BCUT2D eigenvalue weighted by Gasteiger charge is 2.57. The van der Waals surface area contributed by atoms with E-state index in [0.717, 1.165) is 0 Å². The van der Waals surface area contributed by atoms with E-state index in [-0.39, 0.29) is 10.8 Å². The van der Waals surface area contributed by atoms with Crippen LogP contribution in [-0.2, 0) is 9.47 Å². The summed E-state index contributed by atoms with van der Waals surface area (Å²) in [5.41, 5.74) is 0. The Kier molecular flexibility index (Phi) is 2.28. The van der Waals surface area contributed by atoms with Crippen molar-refractivity contribution in [2.75, 3.05) is 0 Å². The molecule has 16 heavy (non-hydrogen) atoms. The van der Waals surface area contributed by atoms with Crippen molar-refractivity contribution >= 4 is 23.2 Å². The summed E-state index contributed by atoms with van der Waals surface area (Å²) in [4.78, 5) is 0. The maximum Gasteiger partial charge on any atom is 0.101 e. The van der Waals surface area contributed by atoms with E-state index >= 15 is 0 Å². The third kappa shape index (κ3) is 1.46. The first-order chi connectivity index (χ1) is 7.75. The minimum absolute atomic E-state index is 0.181. The molecule has 2 aliphatic heterocycles. The van der Waals surface area contributed by atoms with Crippen LogP contribution in [-0.4, -0.2) is 35.2 Å². The van der Waals surface area contributed by atoms with Gasteiger partial charge in [0, 0.05) is 0 Å². The lowest BCUT2D eigenvalue weighted by atomic mass is 9.73. The molecule has 8 unspecified atom stereocenters. The van der Waals surface area contributed by atoms with E-state index in [0.29, 0.717) is 36.3 Å². The van der Waals surface area contributed by atoms with E-state index in [2.05, 4.69) is 0 Å². The van der Waals surface area contributed by atoms with Crippen LogP contribution in [0.5, 0.6) is 0 Å². The molecular formula is C12H16Cl2O2. The number of epoxide rings is 2. The smallest absolute Gasteiger partial charge is 0.101 e. The van der Waals surface area contributed by atoms with Gasteiger partial charge in [-0.15, -0.1) is 23.2 Å². The number of hydrogen-bond acceptors (Lipinski definition) is 2. The molecule has 2 nitrogen and oxygen atoms in total. The third-order valence-electron chi connectivity index (χ3n) is 4.81. The quantitative estimate of drug-likeness (QED) is 0.536. The molecule has 4 aliphatic rings. The van der Waals surface area contributed by atoms with Crippen LogP contribution in [0, 0.1) is 11.8 Å². The van der Waals surface area contributed by atoms with Crippen molar-refractivity contribution in [3.05, 3.63) is 0 Å². The number of alkyl halides is 2. The van der Waals surface area contributed by atoms with Crippen molar-refractivity contribution in [1.82, 2.24) is 0 Å². The summed E-state index contributed by atoms with van der Waals surface area (Å²) >= 11 is 13.0. The van der Waals surface area contributed by atoms with Gasteiger partial charge < -0.3 is 9.47 Å². The van der Waals surface area contributed by atoms with Gasteiger partial charge in [0.1, 0.15) is 12.2 Å². The zero-order valence-electron chi connectivity index (χ0n) is 9.02. The lowest BCUT2D eigenvalue weighted by molar-refractivity contribution is 0.226. The van der Waals surface area contributed by atoms with Gasteiger partial charge in [0.2, 0.25) is 0 Å². The summed E-state index contributed by atoms with van der Waals surface area (Å²) in [5.74, 6) is 1.08. The van der Waals surface area contributed by atoms with Crippen LogP contribution < -0.4 is 0 Å². The van der Waals surface area contributed by atoms with Gasteiger partial charge in [-0.2, -0.15) is 0 Å². The molecule has 2 aliphatic carbocycles. The van der Waals surface area contributed by atoms with Gasteiger partial charge in [-0.3, -0.25) is 0 Å². The Morgan fingerprint density at radius 1 is 0.688 bits per heavy atom. The van der Waals surface area contributed by atoms with E-state index in [1.807, 2.05) is 0 Å². The second kappa shape index (κ2) is 3.50. The normalized spacial score (nSPS) is 63.4. The van der Waals surface area contributed by atoms with Crippen LogP contribution in [0.25, 0.3) is 0 Å². The summed E-state index contributed by atoms with van der Waals surface area (Å²) in [7, 11) is 0. The molecule has 0 N–H and O–H groups in total. The molecule has 0 radical (unpaired) electrons. The largest absolute Gasteiger partial charge is 0.368 e. The molecular weight excluding hydrogens is 247 g/mol. The lowest BCUT2D eigenvalue weighted by Crippen LogP contribution is -2.40. The fourth-order valence-electron chi connectivity index (χ4n) is 3.76. The molecule has 90 valence electrons. The van der Waals surface area contributed by atoms with Gasteiger partial charge in [-0.1, -0.05) is 0 Å². The third-order valence-corrected chi connectivity index (χ3v) is 5.95. The zero-order valence-corrected chi connectivity index (χ0v) is 10.5. The minimum atomic E-state index is 0.181. The van der Waals surface area contributed by atoms with Crippen LogP contribution in [0.4, 0.5) is 0 Å². The van der Waals surface area contributed by atoms with Crippen LogP contribution >= 0.6 is 23.2 Å². The van der Waals surface area contributed by atoms with E-state index in [9.17, 15) is 0 Å². The average molecular weight is 263 g/mol. The molecule has 8 atom stereocenters. The SMILES string of the molecule is ClC1C(C2CCC3OC3C2Cl)CCC2OC21. The molecule has 0 aromatic carbocycles. The molecule has 2 heterocycles. The van der Waals surface area contributed by atoms with E-state index in [1.54, 1.807) is 0 Å². The van der Waals surface area contributed by atoms with Crippen LogP contribution in [0.3, 0.4) is 0 Å². The number of halogens is 2. The van der Waals surface area contributed by atoms with E-state index < -0.39 is 0 Å². The molecule has 0 amide bonds. The maximum absolute atomic E-state index is 6.51. The highest BCUT2D eigenvalue weighted by molar-refractivity contribution is 6.22. The number of rotatable bonds is 1. The van der Waals surface area contributed by atoms with Gasteiger partial charge in [-0.25, -0.2) is 0 Å². The van der Waals surface area contributed by atoms with Crippen molar-refractivity contribution in [3.63, 3.8) is 0 Å². The zero-order chi connectivity index (χ0) is 10.9. The molecule has 0 bridgehead atoms. The Morgan fingerprint density at radius 3 is 1.56 bits per heavy atom. The standard InChI is InChI=1S/C12H16Cl2O2/c13-9-5(1-3-7-11(9)15-7)6-2-4-8-12(16-8)10(6)14/h5-12H,1-4H2. The first-order valence-corrected chi connectivity index (χ1v) is 7.22. The van der Waals surface area contributed by atoms with Gasteiger partial charge in [0.05, 0.1) is 23.0 Å². The molecule has 4 fully saturated rings. The Balaban J connectivity index is 1.51. The molecule has 4 heteroatoms. The van der Waals surface area contributed by atoms with Crippen molar-refractivity contribution in [2.45, 2.75) is 60.9 Å². The van der Waals surface area contributed by atoms with Crippen molar-refractivity contribution in [2.24, 2.45) is 11.8 Å². The minimum Gasteiger partial charge on any atom is -0.368 e. The van der Waals surface area contributed by atoms with E-state index in [4.69, 9.17) is 32.7 Å². The topological polar surface area (TPSA) is 25.1 Å². The monoisotopic (exact) mass is 262 g/mol. The predicted molar refractivity (Wildman–Crippen MR) is 62.1 cm³/mol. The molecule has 0 spiro atoms. The lowest BCUT2D eigenvalue weighted by Gasteiger charge is -2.36. The number of fused-ring (bicyclic) bond motifs is 2. The molecule has 0 aromatic rings. The molecule has 4 rings (SSSR count). The fraction of sp³-hybridized carbons (Fsp3) is 1.00. The van der Waals surface area contributed by atoms with Crippen LogP contribution in [0.2, 0.25) is 0 Å². The number of ether oxygens (including phenoxy) is 2. The molecule has 0 aromatic heterocycles. The average Bonchev–Trinajstić information content (AvgIpc) is 3.13. The number of hydrogen-bond donors (Lipinski definition) is 0. The molecule has 2 saturated carbocycles. The Morgan fingerprint density at radius 2 is 1.12 bits per heavy atom. The fourth-order valence-corrected chi connectivity index (χ4v) is 4.83. The van der Waals surface area contributed by atoms with E-state index in [1.165, 1.54) is 25.7 Å². The first-order valence-electron chi connectivity index (χ1n) is 6.35. The summed E-state index contributed by atoms with van der Waals surface area (Å²) in [6, 6.07) is 0. The Labute approximate surface area is 106 Å². The van der Waals surface area contributed by atoms with Crippen molar-refractivity contribution < 1.29 is 9.47 Å². The summed E-state index contributed by atoms with van der Waals surface area (Å²) < 4.78 is 11.2. The van der Waals surface area contributed by atoms with Gasteiger partial charge in [-0.05, 0) is 37.5 Å². The van der Waals surface area contributed by atoms with Gasteiger partial charge >= 0.3 is 0 Å². The highest BCUT2D eigenvalue weighted by atomic mass is 35.5. The van der Waals surface area contributed by atoms with Crippen molar-refractivity contribution in [1.29, 1.82) is 0 Å². The first kappa shape index (κ1) is 10.4. The summed E-state index contributed by atoms with van der Waals surface area (Å²) in [6.45, 7) is 0. The summed E-state index contributed by atoms with van der Waals surface area (Å²) in [6.07, 6.45) is 6.27. The van der Waals surface area contributed by atoms with Crippen LogP contribution in [0.1, 0.15) is 25.7 Å². The highest BCUT2D eigenvalue weighted by Crippen LogP contribution is 2.52. The van der Waals surface area contributed by atoms with Gasteiger partial charge in [0.15, 0.2) is 0 Å². The maximum atomic E-state index is 6.51. The summed E-state index contributed by atoms with van der Waals surface area (Å²) in [5, 5.41) is 0.362. The second-order valence-corrected chi connectivity index (χ2v) is 6.66. The predicted octanol–water partition coefficient (Wildman–Crippen LogP) is 2.56. The van der Waals surface area contributed by atoms with Gasteiger partial charge in [0.25, 0.3) is 0 Å².